The van der Waals surface area contributed by atoms with Crippen LogP contribution in [0.25, 0.3) is 0 Å². The van der Waals surface area contributed by atoms with Gasteiger partial charge in [-0.25, -0.2) is 0 Å². The first-order chi connectivity index (χ1) is 10.4. The van der Waals surface area contributed by atoms with Crippen molar-refractivity contribution >= 4 is 5.78 Å². The zero-order valence-electron chi connectivity index (χ0n) is 13.7. The number of aliphatic hydroxyl groups is 2. The van der Waals surface area contributed by atoms with Gasteiger partial charge in [0.2, 0.25) is 0 Å². The molecule has 3 heteroatoms. The molecule has 0 radical (unpaired) electrons. The van der Waals surface area contributed by atoms with Crippen LogP contribution in [-0.4, -0.2) is 28.2 Å². The maximum atomic E-state index is 12.4. The summed E-state index contributed by atoms with van der Waals surface area (Å²) in [6.07, 6.45) is 7.57. The molecule has 22 heavy (non-hydrogen) atoms. The van der Waals surface area contributed by atoms with E-state index >= 15 is 0 Å². The number of carbonyl (C=O) groups is 1. The summed E-state index contributed by atoms with van der Waals surface area (Å²) in [5.74, 6) is 1.52. The van der Waals surface area contributed by atoms with Crippen LogP contribution in [0.5, 0.6) is 0 Å². The van der Waals surface area contributed by atoms with Crippen LogP contribution in [-0.2, 0) is 4.79 Å². The van der Waals surface area contributed by atoms with Crippen LogP contribution in [0.3, 0.4) is 0 Å². The first-order valence-corrected chi connectivity index (χ1v) is 8.97. The van der Waals surface area contributed by atoms with E-state index in [0.717, 1.165) is 32.1 Å². The average Bonchev–Trinajstić information content (AvgIpc) is 2.77. The number of rotatable bonds is 0. The highest BCUT2D eigenvalue weighted by Crippen LogP contribution is 2.64. The van der Waals surface area contributed by atoms with E-state index in [2.05, 4.69) is 13.8 Å². The maximum Gasteiger partial charge on any atom is 0.139 e. The van der Waals surface area contributed by atoms with Crippen molar-refractivity contribution in [2.45, 2.75) is 71.0 Å². The minimum atomic E-state index is -0.342. The smallest absolute Gasteiger partial charge is 0.139 e. The number of Topliss-reactive ketones (excluding diaryl/α,β-unsaturated/α-hetero) is 1. The van der Waals surface area contributed by atoms with Gasteiger partial charge in [-0.15, -0.1) is 0 Å². The molecular formula is C19H28O3. The Morgan fingerprint density at radius 1 is 1.05 bits per heavy atom. The van der Waals surface area contributed by atoms with Crippen LogP contribution in [0.4, 0.5) is 0 Å². The first kappa shape index (κ1) is 14.9. The van der Waals surface area contributed by atoms with E-state index in [1.807, 2.05) is 6.08 Å². The molecule has 7 atom stereocenters. The van der Waals surface area contributed by atoms with Crippen molar-refractivity contribution in [1.82, 2.24) is 0 Å². The first-order valence-electron chi connectivity index (χ1n) is 8.97. The third-order valence-corrected chi connectivity index (χ3v) is 7.82. The molecule has 2 N–H and O–H groups in total. The summed E-state index contributed by atoms with van der Waals surface area (Å²) in [5, 5.41) is 20.8. The van der Waals surface area contributed by atoms with Crippen LogP contribution < -0.4 is 0 Å². The fourth-order valence-corrected chi connectivity index (χ4v) is 6.45. The van der Waals surface area contributed by atoms with Crippen molar-refractivity contribution < 1.29 is 15.0 Å². The second kappa shape index (κ2) is 4.67. The summed E-state index contributed by atoms with van der Waals surface area (Å²) in [6, 6.07) is 0. The summed E-state index contributed by atoms with van der Waals surface area (Å²) in [4.78, 5) is 12.4. The van der Waals surface area contributed by atoms with E-state index in [4.69, 9.17) is 0 Å². The van der Waals surface area contributed by atoms with E-state index in [9.17, 15) is 15.0 Å². The van der Waals surface area contributed by atoms with E-state index in [0.29, 0.717) is 30.5 Å². The molecule has 3 saturated carbocycles. The minimum absolute atomic E-state index is 0.121. The molecule has 4 aliphatic rings. The lowest BCUT2D eigenvalue weighted by Crippen LogP contribution is -2.55. The van der Waals surface area contributed by atoms with Crippen molar-refractivity contribution in [1.29, 1.82) is 0 Å². The lowest BCUT2D eigenvalue weighted by atomic mass is 9.46. The summed E-state index contributed by atoms with van der Waals surface area (Å²) in [7, 11) is 0. The van der Waals surface area contributed by atoms with E-state index < -0.39 is 0 Å². The van der Waals surface area contributed by atoms with Crippen LogP contribution in [0.15, 0.2) is 11.6 Å². The van der Waals surface area contributed by atoms with Gasteiger partial charge in [0.25, 0.3) is 0 Å². The highest BCUT2D eigenvalue weighted by Gasteiger charge is 2.61. The van der Waals surface area contributed by atoms with Gasteiger partial charge in [-0.3, -0.25) is 4.79 Å². The summed E-state index contributed by atoms with van der Waals surface area (Å²) >= 11 is 0. The van der Waals surface area contributed by atoms with Crippen molar-refractivity contribution in [3.8, 4) is 0 Å². The normalized spacial score (nSPS) is 54.3. The standard InChI is InChI=1S/C19H28O3/c1-18-7-5-12(20)9-11(18)10-15(21)17-13-3-4-16(22)19(13,2)8-6-14(17)18/h9,12-15,17,20-21H,3-8,10H2,1-2H3/t12?,13-,14+,15?,17-,18-,19-/m0/s1. The van der Waals surface area contributed by atoms with Crippen LogP contribution in [0.1, 0.15) is 58.8 Å². The van der Waals surface area contributed by atoms with Gasteiger partial charge >= 0.3 is 0 Å². The molecule has 3 fully saturated rings. The SMILES string of the molecule is C[C@]12CCC(O)C=C1CC(O)[C@@H]1[C@H]2CC[C@]2(C)C(=O)CC[C@@H]12. The number of hydrogen-bond acceptors (Lipinski definition) is 3. The predicted molar refractivity (Wildman–Crippen MR) is 84.1 cm³/mol. The number of aliphatic hydroxyl groups excluding tert-OH is 2. The molecule has 0 amide bonds. The van der Waals surface area contributed by atoms with Crippen LogP contribution in [0, 0.1) is 28.6 Å². The Bertz CT molecular complexity index is 539. The Morgan fingerprint density at radius 2 is 1.73 bits per heavy atom. The van der Waals surface area contributed by atoms with Gasteiger partial charge in [0.1, 0.15) is 5.78 Å². The molecule has 3 nitrogen and oxygen atoms in total. The molecule has 0 aliphatic heterocycles. The van der Waals surface area contributed by atoms with Gasteiger partial charge < -0.3 is 10.2 Å². The molecule has 0 aromatic heterocycles. The highest BCUT2D eigenvalue weighted by molar-refractivity contribution is 5.87. The zero-order chi connectivity index (χ0) is 15.7. The van der Waals surface area contributed by atoms with Crippen molar-refractivity contribution in [3.63, 3.8) is 0 Å². The Labute approximate surface area is 132 Å². The van der Waals surface area contributed by atoms with Gasteiger partial charge in [-0.2, -0.15) is 0 Å². The average molecular weight is 304 g/mol. The van der Waals surface area contributed by atoms with Gasteiger partial charge in [0.05, 0.1) is 12.2 Å². The second-order valence-electron chi connectivity index (χ2n) is 8.70. The highest BCUT2D eigenvalue weighted by atomic mass is 16.3. The van der Waals surface area contributed by atoms with Crippen LogP contribution >= 0.6 is 0 Å². The van der Waals surface area contributed by atoms with Gasteiger partial charge in [-0.1, -0.05) is 25.5 Å². The molecule has 0 saturated heterocycles. The minimum Gasteiger partial charge on any atom is -0.392 e. The summed E-state index contributed by atoms with van der Waals surface area (Å²) < 4.78 is 0. The third kappa shape index (κ3) is 1.78. The quantitative estimate of drug-likeness (QED) is 0.677. The molecule has 0 spiro atoms. The third-order valence-electron chi connectivity index (χ3n) is 7.82. The zero-order valence-corrected chi connectivity index (χ0v) is 13.7. The lowest BCUT2D eigenvalue weighted by Gasteiger charge is -2.58. The number of carbonyl (C=O) groups excluding carboxylic acids is 1. The number of fused-ring (bicyclic) bond motifs is 5. The molecule has 0 heterocycles. The Morgan fingerprint density at radius 3 is 2.50 bits per heavy atom. The fourth-order valence-electron chi connectivity index (χ4n) is 6.45. The molecule has 4 aliphatic carbocycles. The Kier molecular flexibility index (Phi) is 3.16. The lowest BCUT2D eigenvalue weighted by molar-refractivity contribution is -0.139. The van der Waals surface area contributed by atoms with Crippen molar-refractivity contribution in [2.75, 3.05) is 0 Å². The Hall–Kier alpha value is -0.670. The summed E-state index contributed by atoms with van der Waals surface area (Å²) in [5.41, 5.74) is 1.21. The van der Waals surface area contributed by atoms with Gasteiger partial charge in [-0.05, 0) is 61.7 Å². The van der Waals surface area contributed by atoms with Gasteiger partial charge in [0, 0.05) is 11.8 Å². The van der Waals surface area contributed by atoms with Crippen molar-refractivity contribution in [3.05, 3.63) is 11.6 Å². The molecule has 0 aromatic rings. The second-order valence-corrected chi connectivity index (χ2v) is 8.70. The summed E-state index contributed by atoms with van der Waals surface area (Å²) in [6.45, 7) is 4.49. The predicted octanol–water partition coefficient (Wildman–Crippen LogP) is 2.85. The monoisotopic (exact) mass is 304 g/mol. The molecule has 0 aromatic carbocycles. The van der Waals surface area contributed by atoms with E-state index in [-0.39, 0.29) is 29.0 Å². The largest absolute Gasteiger partial charge is 0.392 e. The molecule has 0 bridgehead atoms. The molecule has 122 valence electrons. The number of ketones is 1. The van der Waals surface area contributed by atoms with Gasteiger partial charge in [0.15, 0.2) is 0 Å². The number of hydrogen-bond donors (Lipinski definition) is 2. The maximum absolute atomic E-state index is 12.4. The van der Waals surface area contributed by atoms with Crippen molar-refractivity contribution in [2.24, 2.45) is 28.6 Å². The Balaban J connectivity index is 1.74. The topological polar surface area (TPSA) is 57.5 Å². The molecular weight excluding hydrogens is 276 g/mol. The molecule has 2 unspecified atom stereocenters. The fraction of sp³-hybridized carbons (Fsp3) is 0.842. The molecule has 4 rings (SSSR count). The van der Waals surface area contributed by atoms with Crippen LogP contribution in [0.2, 0.25) is 0 Å². The van der Waals surface area contributed by atoms with E-state index in [1.165, 1.54) is 5.57 Å². The van der Waals surface area contributed by atoms with E-state index in [1.54, 1.807) is 0 Å².